The van der Waals surface area contributed by atoms with Crippen molar-refractivity contribution in [3.8, 4) is 0 Å². The van der Waals surface area contributed by atoms with Crippen molar-refractivity contribution in [2.75, 3.05) is 0 Å². The Hall–Kier alpha value is -1.55. The lowest BCUT2D eigenvalue weighted by molar-refractivity contribution is -0.140. The zero-order valence-corrected chi connectivity index (χ0v) is 12.8. The summed E-state index contributed by atoms with van der Waals surface area (Å²) in [5.74, 6) is -1.94. The lowest BCUT2D eigenvalue weighted by Gasteiger charge is -2.18. The minimum atomic E-state index is -4.45. The van der Waals surface area contributed by atoms with Crippen molar-refractivity contribution < 1.29 is 27.1 Å². The first-order chi connectivity index (χ1) is 9.49. The SMILES string of the molecule is Cc1nn(C)c(S(=O)(=O)NC(C(=O)O)C(C)C)c1C(F)F. The number of nitrogens with one attached hydrogen (secondary N) is 1. The van der Waals surface area contributed by atoms with Gasteiger partial charge >= 0.3 is 5.97 Å². The predicted molar refractivity (Wildman–Crippen MR) is 69.5 cm³/mol. The van der Waals surface area contributed by atoms with Gasteiger partial charge < -0.3 is 5.11 Å². The Morgan fingerprint density at radius 3 is 2.29 bits per heavy atom. The number of alkyl halides is 2. The Kier molecular flexibility index (Phi) is 5.05. The monoisotopic (exact) mass is 325 g/mol. The van der Waals surface area contributed by atoms with Crippen molar-refractivity contribution in [3.05, 3.63) is 11.3 Å². The van der Waals surface area contributed by atoms with Crippen LogP contribution in [0.2, 0.25) is 0 Å². The fraction of sp³-hybridized carbons (Fsp3) is 0.636. The number of rotatable bonds is 6. The Morgan fingerprint density at radius 2 is 1.90 bits per heavy atom. The quantitative estimate of drug-likeness (QED) is 0.814. The first-order valence-corrected chi connectivity index (χ1v) is 7.54. The van der Waals surface area contributed by atoms with Gasteiger partial charge in [0.1, 0.15) is 6.04 Å². The van der Waals surface area contributed by atoms with Gasteiger partial charge in [0.2, 0.25) is 0 Å². The van der Waals surface area contributed by atoms with E-state index in [1.807, 2.05) is 4.72 Å². The van der Waals surface area contributed by atoms with Crippen LogP contribution in [0.4, 0.5) is 8.78 Å². The van der Waals surface area contributed by atoms with Gasteiger partial charge in [0, 0.05) is 7.05 Å². The van der Waals surface area contributed by atoms with Crippen molar-refractivity contribution in [3.63, 3.8) is 0 Å². The third kappa shape index (κ3) is 3.56. The molecule has 2 N–H and O–H groups in total. The molecule has 0 aromatic carbocycles. The molecule has 21 heavy (non-hydrogen) atoms. The molecule has 0 radical (unpaired) electrons. The summed E-state index contributed by atoms with van der Waals surface area (Å²) in [5.41, 5.74) is -0.845. The number of sulfonamides is 1. The van der Waals surface area contributed by atoms with Crippen LogP contribution >= 0.6 is 0 Å². The molecule has 10 heteroatoms. The number of aromatic nitrogens is 2. The Balaban J connectivity index is 3.35. The van der Waals surface area contributed by atoms with Crippen molar-refractivity contribution in [2.45, 2.75) is 38.3 Å². The highest BCUT2D eigenvalue weighted by Crippen LogP contribution is 2.29. The summed E-state index contributed by atoms with van der Waals surface area (Å²) >= 11 is 0. The zero-order chi connectivity index (χ0) is 16.5. The average molecular weight is 325 g/mol. The van der Waals surface area contributed by atoms with Crippen LogP contribution in [0.25, 0.3) is 0 Å². The molecular formula is C11H17F2N3O4S. The van der Waals surface area contributed by atoms with Gasteiger partial charge in [-0.3, -0.25) is 9.48 Å². The summed E-state index contributed by atoms with van der Waals surface area (Å²) in [7, 11) is -3.24. The fourth-order valence-electron chi connectivity index (χ4n) is 1.92. The molecule has 1 heterocycles. The molecule has 0 spiro atoms. The molecule has 120 valence electrons. The van der Waals surface area contributed by atoms with E-state index in [1.54, 1.807) is 0 Å². The van der Waals surface area contributed by atoms with Crippen molar-refractivity contribution in [2.24, 2.45) is 13.0 Å². The molecule has 1 aromatic heterocycles. The average Bonchev–Trinajstić information content (AvgIpc) is 2.61. The van der Waals surface area contributed by atoms with Crippen molar-refractivity contribution >= 4 is 16.0 Å². The number of nitrogens with zero attached hydrogens (tertiary/aromatic N) is 2. The normalized spacial score (nSPS) is 13.9. The maximum atomic E-state index is 13.0. The number of carboxylic acids is 1. The van der Waals surface area contributed by atoms with Crippen molar-refractivity contribution in [1.82, 2.24) is 14.5 Å². The molecule has 0 fully saturated rings. The third-order valence-corrected chi connectivity index (χ3v) is 4.46. The van der Waals surface area contributed by atoms with E-state index >= 15 is 0 Å². The molecule has 0 bridgehead atoms. The predicted octanol–water partition coefficient (Wildman–Crippen LogP) is 1.05. The van der Waals surface area contributed by atoms with Gasteiger partial charge in [-0.2, -0.15) is 9.82 Å². The molecule has 0 saturated carbocycles. The van der Waals surface area contributed by atoms with E-state index in [0.717, 1.165) is 4.68 Å². The van der Waals surface area contributed by atoms with Crippen LogP contribution < -0.4 is 4.72 Å². The lowest BCUT2D eigenvalue weighted by atomic mass is 10.1. The fourth-order valence-corrected chi connectivity index (χ4v) is 3.65. The number of halogens is 2. The molecule has 0 aliphatic rings. The highest BCUT2D eigenvalue weighted by Gasteiger charge is 2.34. The smallest absolute Gasteiger partial charge is 0.322 e. The maximum absolute atomic E-state index is 13.0. The Morgan fingerprint density at radius 1 is 1.38 bits per heavy atom. The Bertz CT molecular complexity index is 640. The van der Waals surface area contributed by atoms with Gasteiger partial charge in [-0.1, -0.05) is 13.8 Å². The number of aryl methyl sites for hydroxylation is 2. The summed E-state index contributed by atoms with van der Waals surface area (Å²) in [6.45, 7) is 4.27. The maximum Gasteiger partial charge on any atom is 0.322 e. The molecule has 1 rings (SSSR count). The summed E-state index contributed by atoms with van der Waals surface area (Å²) in [6.07, 6.45) is -3.03. The molecule has 1 unspecified atom stereocenters. The van der Waals surface area contributed by atoms with E-state index in [1.165, 1.54) is 27.8 Å². The number of hydrogen-bond donors (Lipinski definition) is 2. The van der Waals surface area contributed by atoms with E-state index in [2.05, 4.69) is 5.10 Å². The van der Waals surface area contributed by atoms with Gasteiger partial charge in [0.25, 0.3) is 16.4 Å². The van der Waals surface area contributed by atoms with Gasteiger partial charge in [-0.05, 0) is 12.8 Å². The standard InChI is InChI=1S/C11H17F2N3O4S/c1-5(2)8(11(17)18)15-21(19,20)10-7(9(12)13)6(3)14-16(10)4/h5,8-9,15H,1-4H3,(H,17,18). The topological polar surface area (TPSA) is 101 Å². The second-order valence-corrected chi connectivity index (χ2v) is 6.54. The van der Waals surface area contributed by atoms with Gasteiger partial charge in [0.15, 0.2) is 5.03 Å². The third-order valence-electron chi connectivity index (χ3n) is 2.90. The number of carbonyl (C=O) groups is 1. The second-order valence-electron chi connectivity index (χ2n) is 4.91. The summed E-state index contributed by atoms with van der Waals surface area (Å²) in [4.78, 5) is 11.1. The molecule has 0 amide bonds. The van der Waals surface area contributed by atoms with Crippen molar-refractivity contribution in [1.29, 1.82) is 0 Å². The minimum absolute atomic E-state index is 0.121. The number of carboxylic acid groups (broad SMARTS) is 1. The van der Waals surface area contributed by atoms with Crippen LogP contribution in [0, 0.1) is 12.8 Å². The van der Waals surface area contributed by atoms with E-state index in [0.29, 0.717) is 0 Å². The highest BCUT2D eigenvalue weighted by molar-refractivity contribution is 7.89. The molecule has 0 aliphatic heterocycles. The zero-order valence-electron chi connectivity index (χ0n) is 12.0. The number of hydrogen-bond acceptors (Lipinski definition) is 4. The molecule has 1 aromatic rings. The number of aliphatic carboxylic acids is 1. The van der Waals surface area contributed by atoms with E-state index < -0.39 is 45.0 Å². The minimum Gasteiger partial charge on any atom is -0.480 e. The molecule has 1 atom stereocenters. The van der Waals surface area contributed by atoms with Crippen LogP contribution in [0.3, 0.4) is 0 Å². The van der Waals surface area contributed by atoms with Crippen LogP contribution in [0.1, 0.15) is 31.5 Å². The van der Waals surface area contributed by atoms with E-state index in [4.69, 9.17) is 5.11 Å². The molecule has 0 aliphatic carbocycles. The van der Waals surface area contributed by atoms with Crippen LogP contribution in [0.5, 0.6) is 0 Å². The van der Waals surface area contributed by atoms with Crippen LogP contribution in [0.15, 0.2) is 5.03 Å². The van der Waals surface area contributed by atoms with E-state index in [-0.39, 0.29) is 5.69 Å². The molecule has 0 saturated heterocycles. The molecule has 7 nitrogen and oxygen atoms in total. The Labute approximate surface area is 121 Å². The molecular weight excluding hydrogens is 308 g/mol. The highest BCUT2D eigenvalue weighted by atomic mass is 32.2. The van der Waals surface area contributed by atoms with Crippen LogP contribution in [-0.4, -0.2) is 35.3 Å². The first-order valence-electron chi connectivity index (χ1n) is 6.05. The van der Waals surface area contributed by atoms with Gasteiger partial charge in [0.05, 0.1) is 11.3 Å². The van der Waals surface area contributed by atoms with Gasteiger partial charge in [-0.15, -0.1) is 0 Å². The van der Waals surface area contributed by atoms with Crippen LogP contribution in [-0.2, 0) is 21.9 Å². The van der Waals surface area contributed by atoms with E-state index in [9.17, 15) is 22.0 Å². The second kappa shape index (κ2) is 6.06. The lowest BCUT2D eigenvalue weighted by Crippen LogP contribution is -2.44. The summed E-state index contributed by atoms with van der Waals surface area (Å²) in [6, 6.07) is -1.42. The summed E-state index contributed by atoms with van der Waals surface area (Å²) in [5, 5.41) is 12.0. The summed E-state index contributed by atoms with van der Waals surface area (Å²) < 4.78 is 53.3. The van der Waals surface area contributed by atoms with Gasteiger partial charge in [-0.25, -0.2) is 17.2 Å². The first kappa shape index (κ1) is 17.5. The largest absolute Gasteiger partial charge is 0.480 e.